The molecule has 0 aromatic heterocycles. The highest BCUT2D eigenvalue weighted by molar-refractivity contribution is 5.98. The van der Waals surface area contributed by atoms with Gasteiger partial charge in [0.25, 0.3) is 0 Å². The first-order valence-corrected chi connectivity index (χ1v) is 13.3. The fourth-order valence-electron chi connectivity index (χ4n) is 6.22. The standard InChI is InChI=1S/C29H38N2O6/c1-3-5-19-36-28(35)23-22-14-15-29(37-22)24(23)26(33)31(17-10-7-11-18-32)25(29)27(34)30(16-4-2)20-21-12-8-6-9-13-21/h3-4,6,8-9,12-13,22-25,32H,1-2,5,7,10-11,14-20H2/t22-,23+,24-,25?,29?/m0/s1. The molecule has 2 unspecified atom stereocenters. The van der Waals surface area contributed by atoms with Gasteiger partial charge in [0, 0.05) is 26.2 Å². The number of ether oxygens (including phenoxy) is 2. The number of carbonyl (C=O) groups is 3. The largest absolute Gasteiger partial charge is 0.465 e. The fraction of sp³-hybridized carbons (Fsp3) is 0.552. The average Bonchev–Trinajstić information content (AvgIpc) is 3.54. The van der Waals surface area contributed by atoms with Crippen molar-refractivity contribution in [3.05, 3.63) is 61.2 Å². The third-order valence-electron chi connectivity index (χ3n) is 7.81. The molecule has 1 aromatic carbocycles. The average molecular weight is 511 g/mol. The van der Waals surface area contributed by atoms with Gasteiger partial charge >= 0.3 is 5.97 Å². The lowest BCUT2D eigenvalue weighted by molar-refractivity contribution is -0.155. The predicted octanol–water partition coefficient (Wildman–Crippen LogP) is 2.86. The van der Waals surface area contributed by atoms with Gasteiger partial charge in [0.2, 0.25) is 11.8 Å². The van der Waals surface area contributed by atoms with Crippen molar-refractivity contribution in [2.24, 2.45) is 11.8 Å². The van der Waals surface area contributed by atoms with Crippen molar-refractivity contribution in [2.75, 3.05) is 26.3 Å². The Balaban J connectivity index is 1.64. The van der Waals surface area contributed by atoms with Crippen LogP contribution in [-0.4, -0.2) is 76.7 Å². The van der Waals surface area contributed by atoms with Gasteiger partial charge < -0.3 is 24.4 Å². The number of hydrogen-bond donors (Lipinski definition) is 1. The number of aliphatic hydroxyl groups excluding tert-OH is 1. The minimum absolute atomic E-state index is 0.0798. The van der Waals surface area contributed by atoms with Gasteiger partial charge in [-0.05, 0) is 44.1 Å². The second-order valence-corrected chi connectivity index (χ2v) is 10.1. The van der Waals surface area contributed by atoms with Crippen molar-refractivity contribution in [3.8, 4) is 0 Å². The van der Waals surface area contributed by atoms with E-state index in [4.69, 9.17) is 9.47 Å². The number of aliphatic hydroxyl groups is 1. The van der Waals surface area contributed by atoms with E-state index < -0.39 is 35.6 Å². The van der Waals surface area contributed by atoms with E-state index in [2.05, 4.69) is 13.2 Å². The maximum Gasteiger partial charge on any atom is 0.312 e. The summed E-state index contributed by atoms with van der Waals surface area (Å²) >= 11 is 0. The summed E-state index contributed by atoms with van der Waals surface area (Å²) in [7, 11) is 0. The Morgan fingerprint density at radius 3 is 2.68 bits per heavy atom. The van der Waals surface area contributed by atoms with Crippen LogP contribution < -0.4 is 0 Å². The normalized spacial score (nSPS) is 27.7. The van der Waals surface area contributed by atoms with E-state index in [1.54, 1.807) is 22.0 Å². The maximum absolute atomic E-state index is 14.2. The number of carbonyl (C=O) groups excluding carboxylic acids is 3. The van der Waals surface area contributed by atoms with Gasteiger partial charge in [0.05, 0.1) is 24.5 Å². The Morgan fingerprint density at radius 1 is 1.19 bits per heavy atom. The summed E-state index contributed by atoms with van der Waals surface area (Å²) in [5, 5.41) is 9.19. The third-order valence-corrected chi connectivity index (χ3v) is 7.81. The molecule has 0 aliphatic carbocycles. The van der Waals surface area contributed by atoms with Crippen LogP contribution in [-0.2, 0) is 30.4 Å². The maximum atomic E-state index is 14.2. The first kappa shape index (κ1) is 27.1. The zero-order valence-electron chi connectivity index (χ0n) is 21.4. The molecule has 200 valence electrons. The van der Waals surface area contributed by atoms with Crippen LogP contribution in [0.3, 0.4) is 0 Å². The Morgan fingerprint density at radius 2 is 1.97 bits per heavy atom. The highest BCUT2D eigenvalue weighted by Gasteiger charge is 2.75. The van der Waals surface area contributed by atoms with Crippen LogP contribution in [0.1, 0.15) is 44.1 Å². The number of rotatable bonds is 14. The van der Waals surface area contributed by atoms with Gasteiger partial charge in [-0.15, -0.1) is 13.2 Å². The number of unbranched alkanes of at least 4 members (excludes halogenated alkanes) is 2. The fourth-order valence-corrected chi connectivity index (χ4v) is 6.22. The van der Waals surface area contributed by atoms with E-state index >= 15 is 0 Å². The summed E-state index contributed by atoms with van der Waals surface area (Å²) in [5.74, 6) is -2.30. The Labute approximate surface area is 218 Å². The number of nitrogens with zero attached hydrogens (tertiary/aromatic N) is 2. The Kier molecular flexibility index (Phi) is 8.82. The van der Waals surface area contributed by atoms with Gasteiger partial charge in [-0.3, -0.25) is 14.4 Å². The van der Waals surface area contributed by atoms with Gasteiger partial charge in [0.15, 0.2) is 0 Å². The SMILES string of the molecule is C=CCCOC(=O)[C@@H]1[C@@H]2CCC3(O2)C(C(=O)N(CC=C)Cc2ccccc2)N(CCCCCO)C(=O)[C@H]13. The zero-order valence-corrected chi connectivity index (χ0v) is 21.4. The van der Waals surface area contributed by atoms with Crippen molar-refractivity contribution in [2.45, 2.75) is 62.8 Å². The van der Waals surface area contributed by atoms with E-state index in [9.17, 15) is 19.5 Å². The zero-order chi connectivity index (χ0) is 26.4. The molecule has 5 atom stereocenters. The first-order chi connectivity index (χ1) is 18.0. The van der Waals surface area contributed by atoms with Crippen molar-refractivity contribution >= 4 is 17.8 Å². The van der Waals surface area contributed by atoms with Crippen LogP contribution >= 0.6 is 0 Å². The van der Waals surface area contributed by atoms with Crippen LogP contribution in [0.5, 0.6) is 0 Å². The molecule has 3 aliphatic rings. The van der Waals surface area contributed by atoms with Crippen LogP contribution in [0.2, 0.25) is 0 Å². The van der Waals surface area contributed by atoms with E-state index in [1.165, 1.54) is 0 Å². The van der Waals surface area contributed by atoms with Gasteiger partial charge in [-0.2, -0.15) is 0 Å². The highest BCUT2D eigenvalue weighted by atomic mass is 16.6. The van der Waals surface area contributed by atoms with Crippen molar-refractivity contribution in [1.82, 2.24) is 9.80 Å². The molecule has 1 N–H and O–H groups in total. The molecule has 8 heteroatoms. The lowest BCUT2D eigenvalue weighted by Crippen LogP contribution is -2.56. The number of esters is 1. The molecule has 3 aliphatic heterocycles. The van der Waals surface area contributed by atoms with Crippen molar-refractivity contribution in [1.29, 1.82) is 0 Å². The monoisotopic (exact) mass is 510 g/mol. The summed E-state index contributed by atoms with van der Waals surface area (Å²) in [6.07, 6.45) is 6.62. The summed E-state index contributed by atoms with van der Waals surface area (Å²) < 4.78 is 12.0. The van der Waals surface area contributed by atoms with Crippen LogP contribution in [0.4, 0.5) is 0 Å². The first-order valence-electron chi connectivity index (χ1n) is 13.3. The number of hydrogen-bond acceptors (Lipinski definition) is 6. The second-order valence-electron chi connectivity index (χ2n) is 10.1. The summed E-state index contributed by atoms with van der Waals surface area (Å²) in [6.45, 7) is 8.86. The van der Waals surface area contributed by atoms with E-state index in [0.29, 0.717) is 51.7 Å². The van der Waals surface area contributed by atoms with Crippen molar-refractivity contribution < 1.29 is 29.0 Å². The molecular weight excluding hydrogens is 472 g/mol. The van der Waals surface area contributed by atoms with Crippen LogP contribution in [0.15, 0.2) is 55.6 Å². The summed E-state index contributed by atoms with van der Waals surface area (Å²) in [4.78, 5) is 44.6. The molecule has 1 aromatic rings. The molecule has 3 heterocycles. The summed E-state index contributed by atoms with van der Waals surface area (Å²) in [5.41, 5.74) is -0.0699. The molecular formula is C29H38N2O6. The van der Waals surface area contributed by atoms with E-state index in [-0.39, 0.29) is 25.0 Å². The van der Waals surface area contributed by atoms with Gasteiger partial charge in [0.1, 0.15) is 11.6 Å². The number of amides is 2. The topological polar surface area (TPSA) is 96.4 Å². The predicted molar refractivity (Wildman–Crippen MR) is 138 cm³/mol. The van der Waals surface area contributed by atoms with Crippen LogP contribution in [0, 0.1) is 11.8 Å². The lowest BCUT2D eigenvalue weighted by Gasteiger charge is -2.37. The molecule has 0 saturated carbocycles. The summed E-state index contributed by atoms with van der Waals surface area (Å²) in [6, 6.07) is 8.89. The number of fused-ring (bicyclic) bond motifs is 1. The number of likely N-dealkylation sites (tertiary alicyclic amines) is 1. The van der Waals surface area contributed by atoms with Crippen molar-refractivity contribution in [3.63, 3.8) is 0 Å². The smallest absolute Gasteiger partial charge is 0.312 e. The van der Waals surface area contributed by atoms with E-state index in [1.807, 2.05) is 30.3 Å². The lowest BCUT2D eigenvalue weighted by atomic mass is 9.70. The van der Waals surface area contributed by atoms with Gasteiger partial charge in [-0.25, -0.2) is 0 Å². The second kappa shape index (κ2) is 12.0. The molecule has 1 spiro atoms. The minimum atomic E-state index is -1.05. The third kappa shape index (κ3) is 5.22. The molecule has 0 radical (unpaired) electrons. The molecule has 37 heavy (non-hydrogen) atoms. The molecule has 3 saturated heterocycles. The Bertz CT molecular complexity index is 997. The minimum Gasteiger partial charge on any atom is -0.465 e. The Hall–Kier alpha value is -2.97. The molecule has 3 fully saturated rings. The number of benzene rings is 1. The quantitative estimate of drug-likeness (QED) is 0.235. The highest BCUT2D eigenvalue weighted by Crippen LogP contribution is 2.58. The molecule has 2 amide bonds. The molecule has 8 nitrogen and oxygen atoms in total. The molecule has 4 rings (SSSR count). The molecule has 2 bridgehead atoms. The van der Waals surface area contributed by atoms with E-state index in [0.717, 1.165) is 12.0 Å². The van der Waals surface area contributed by atoms with Crippen LogP contribution in [0.25, 0.3) is 0 Å². The van der Waals surface area contributed by atoms with Gasteiger partial charge in [-0.1, -0.05) is 42.5 Å².